The summed E-state index contributed by atoms with van der Waals surface area (Å²) in [7, 11) is 0. The van der Waals surface area contributed by atoms with E-state index < -0.39 is 0 Å². The van der Waals surface area contributed by atoms with Crippen molar-refractivity contribution in [2.45, 2.75) is 37.1 Å². The van der Waals surface area contributed by atoms with Crippen molar-refractivity contribution in [2.24, 2.45) is 5.73 Å². The van der Waals surface area contributed by atoms with Gasteiger partial charge >= 0.3 is 0 Å². The zero-order valence-electron chi connectivity index (χ0n) is 10.2. The third-order valence-electron chi connectivity index (χ3n) is 3.38. The second kappa shape index (κ2) is 5.79. The maximum absolute atomic E-state index is 5.76. The van der Waals surface area contributed by atoms with E-state index in [2.05, 4.69) is 0 Å². The molecule has 0 radical (unpaired) electrons. The summed E-state index contributed by atoms with van der Waals surface area (Å²) in [6.07, 6.45) is -0.102. The molecule has 0 bridgehead atoms. The summed E-state index contributed by atoms with van der Waals surface area (Å²) in [5, 5.41) is 0. The Hall–Kier alpha value is -0.280. The third kappa shape index (κ3) is 2.39. The van der Waals surface area contributed by atoms with Gasteiger partial charge in [-0.15, -0.1) is 0 Å². The molecule has 0 aromatic heterocycles. The van der Waals surface area contributed by atoms with Crippen molar-refractivity contribution >= 4 is 0 Å². The maximum atomic E-state index is 5.76. The molecule has 7 nitrogen and oxygen atoms in total. The number of hydrogen-bond donors (Lipinski definition) is 1. The standard InChI is InChI=1S/C11H19NO6/c12-2-1-3-13-4-7-8-9(15-5-14-7)10-11(18-8)17-6-16-10/h7-11H,1-6,12H2/t7-,8-,9+,10-,11+/m1/s1. The fraction of sp³-hybridized carbons (Fsp3) is 1.00. The molecule has 3 aliphatic heterocycles. The summed E-state index contributed by atoms with van der Waals surface area (Å²) >= 11 is 0. The Labute approximate surface area is 105 Å². The molecule has 0 unspecified atom stereocenters. The van der Waals surface area contributed by atoms with Crippen LogP contribution < -0.4 is 5.73 Å². The Morgan fingerprint density at radius 1 is 1.00 bits per heavy atom. The Morgan fingerprint density at radius 2 is 1.83 bits per heavy atom. The molecule has 3 rings (SSSR count). The van der Waals surface area contributed by atoms with E-state index in [9.17, 15) is 0 Å². The van der Waals surface area contributed by atoms with Crippen LogP contribution in [0, 0.1) is 0 Å². The molecular weight excluding hydrogens is 242 g/mol. The summed E-state index contributed by atoms with van der Waals surface area (Å²) in [6.45, 7) is 2.24. The molecule has 3 fully saturated rings. The summed E-state index contributed by atoms with van der Waals surface area (Å²) in [5.74, 6) is 0. The number of nitrogens with two attached hydrogens (primary N) is 1. The fourth-order valence-electron chi connectivity index (χ4n) is 2.46. The molecule has 2 N–H and O–H groups in total. The van der Waals surface area contributed by atoms with Gasteiger partial charge in [0.15, 0.2) is 13.1 Å². The average Bonchev–Trinajstić information content (AvgIpc) is 2.95. The van der Waals surface area contributed by atoms with Crippen LogP contribution in [0.25, 0.3) is 0 Å². The predicted octanol–water partition coefficient (Wildman–Crippen LogP) is -0.809. The van der Waals surface area contributed by atoms with Gasteiger partial charge in [0.2, 0.25) is 0 Å². The molecule has 3 saturated heterocycles. The monoisotopic (exact) mass is 261 g/mol. The minimum Gasteiger partial charge on any atom is -0.379 e. The van der Waals surface area contributed by atoms with E-state index in [0.29, 0.717) is 19.8 Å². The van der Waals surface area contributed by atoms with Gasteiger partial charge in [-0.3, -0.25) is 0 Å². The van der Waals surface area contributed by atoms with Gasteiger partial charge in [-0.2, -0.15) is 0 Å². The minimum atomic E-state index is -0.340. The van der Waals surface area contributed by atoms with Crippen LogP contribution >= 0.6 is 0 Å². The van der Waals surface area contributed by atoms with Crippen LogP contribution in [0.4, 0.5) is 0 Å². The lowest BCUT2D eigenvalue weighted by molar-refractivity contribution is -0.253. The van der Waals surface area contributed by atoms with Crippen molar-refractivity contribution in [3.05, 3.63) is 0 Å². The molecule has 5 atom stereocenters. The first kappa shape index (κ1) is 12.7. The summed E-state index contributed by atoms with van der Waals surface area (Å²) < 4.78 is 33.1. The van der Waals surface area contributed by atoms with E-state index in [-0.39, 0.29) is 44.3 Å². The molecule has 3 aliphatic rings. The highest BCUT2D eigenvalue weighted by Gasteiger charge is 2.54. The van der Waals surface area contributed by atoms with Crippen molar-refractivity contribution in [1.29, 1.82) is 0 Å². The van der Waals surface area contributed by atoms with E-state index in [1.54, 1.807) is 0 Å². The molecule has 0 aromatic rings. The first-order valence-electron chi connectivity index (χ1n) is 6.30. The van der Waals surface area contributed by atoms with Crippen LogP contribution in [0.15, 0.2) is 0 Å². The van der Waals surface area contributed by atoms with Crippen LogP contribution in [0.2, 0.25) is 0 Å². The SMILES string of the molecule is NCCCOC[C@H]1OCO[C@@H]2[C@H]3OCO[C@H]3O[C@@H]21. The Balaban J connectivity index is 1.53. The van der Waals surface area contributed by atoms with E-state index in [1.807, 2.05) is 0 Å². The average molecular weight is 261 g/mol. The topological polar surface area (TPSA) is 81.4 Å². The fourth-order valence-corrected chi connectivity index (χ4v) is 2.46. The molecule has 7 heteroatoms. The lowest BCUT2D eigenvalue weighted by Crippen LogP contribution is -2.49. The first-order valence-corrected chi connectivity index (χ1v) is 6.30. The van der Waals surface area contributed by atoms with Gasteiger partial charge in [0.1, 0.15) is 31.2 Å². The summed E-state index contributed by atoms with van der Waals surface area (Å²) in [5.41, 5.74) is 5.41. The Morgan fingerprint density at radius 3 is 2.72 bits per heavy atom. The number of ether oxygens (including phenoxy) is 6. The van der Waals surface area contributed by atoms with Gasteiger partial charge in [0.25, 0.3) is 0 Å². The van der Waals surface area contributed by atoms with Crippen LogP contribution in [0.5, 0.6) is 0 Å². The van der Waals surface area contributed by atoms with Gasteiger partial charge in [-0.25, -0.2) is 0 Å². The number of rotatable bonds is 5. The van der Waals surface area contributed by atoms with E-state index >= 15 is 0 Å². The normalized spacial score (nSPS) is 42.8. The second-order valence-electron chi connectivity index (χ2n) is 4.56. The van der Waals surface area contributed by atoms with Crippen LogP contribution in [0.1, 0.15) is 6.42 Å². The van der Waals surface area contributed by atoms with Crippen molar-refractivity contribution in [2.75, 3.05) is 33.3 Å². The predicted molar refractivity (Wildman–Crippen MR) is 58.6 cm³/mol. The number of fused-ring (bicyclic) bond motifs is 3. The van der Waals surface area contributed by atoms with Gasteiger partial charge in [0.05, 0.1) is 6.61 Å². The van der Waals surface area contributed by atoms with Crippen LogP contribution in [-0.2, 0) is 28.4 Å². The van der Waals surface area contributed by atoms with Gasteiger partial charge in [0, 0.05) is 6.61 Å². The molecule has 0 aliphatic carbocycles. The molecule has 0 saturated carbocycles. The third-order valence-corrected chi connectivity index (χ3v) is 3.38. The zero-order valence-corrected chi connectivity index (χ0v) is 10.2. The first-order chi connectivity index (χ1) is 8.90. The smallest absolute Gasteiger partial charge is 0.189 e. The van der Waals surface area contributed by atoms with Gasteiger partial charge < -0.3 is 34.2 Å². The largest absolute Gasteiger partial charge is 0.379 e. The Bertz CT molecular complexity index is 278. The number of hydrogen-bond acceptors (Lipinski definition) is 7. The van der Waals surface area contributed by atoms with E-state index in [1.165, 1.54) is 0 Å². The zero-order chi connectivity index (χ0) is 12.4. The molecule has 18 heavy (non-hydrogen) atoms. The summed E-state index contributed by atoms with van der Waals surface area (Å²) in [6, 6.07) is 0. The molecular formula is C11H19NO6. The highest BCUT2D eigenvalue weighted by atomic mass is 16.8. The lowest BCUT2D eigenvalue weighted by Gasteiger charge is -2.33. The molecule has 104 valence electrons. The van der Waals surface area contributed by atoms with Gasteiger partial charge in [-0.1, -0.05) is 0 Å². The van der Waals surface area contributed by atoms with E-state index in [4.69, 9.17) is 34.2 Å². The van der Waals surface area contributed by atoms with Crippen LogP contribution in [-0.4, -0.2) is 64.1 Å². The van der Waals surface area contributed by atoms with Gasteiger partial charge in [-0.05, 0) is 13.0 Å². The van der Waals surface area contributed by atoms with E-state index in [0.717, 1.165) is 6.42 Å². The molecule has 0 spiro atoms. The highest BCUT2D eigenvalue weighted by Crippen LogP contribution is 2.35. The second-order valence-corrected chi connectivity index (χ2v) is 4.56. The van der Waals surface area contributed by atoms with Crippen molar-refractivity contribution in [3.8, 4) is 0 Å². The molecule has 0 aromatic carbocycles. The van der Waals surface area contributed by atoms with Crippen molar-refractivity contribution in [1.82, 2.24) is 0 Å². The lowest BCUT2D eigenvalue weighted by atomic mass is 10.1. The van der Waals surface area contributed by atoms with Crippen LogP contribution in [0.3, 0.4) is 0 Å². The highest BCUT2D eigenvalue weighted by molar-refractivity contribution is 4.96. The summed E-state index contributed by atoms with van der Waals surface area (Å²) in [4.78, 5) is 0. The Kier molecular flexibility index (Phi) is 4.10. The minimum absolute atomic E-state index is 0.130. The molecule has 3 heterocycles. The van der Waals surface area contributed by atoms with Crippen molar-refractivity contribution in [3.63, 3.8) is 0 Å². The quantitative estimate of drug-likeness (QED) is 0.648. The molecule has 0 amide bonds. The van der Waals surface area contributed by atoms with Crippen molar-refractivity contribution < 1.29 is 28.4 Å². The maximum Gasteiger partial charge on any atom is 0.189 e.